The third-order valence-corrected chi connectivity index (χ3v) is 4.57. The normalized spacial score (nSPS) is 14.0. The molecule has 0 spiro atoms. The first-order chi connectivity index (χ1) is 9.88. The number of halogens is 2. The fourth-order valence-electron chi connectivity index (χ4n) is 2.72. The van der Waals surface area contributed by atoms with E-state index in [1.807, 2.05) is 32.0 Å². The van der Waals surface area contributed by atoms with E-state index >= 15 is 0 Å². The maximum atomic E-state index is 12.0. The lowest BCUT2D eigenvalue weighted by Crippen LogP contribution is -2.45. The van der Waals surface area contributed by atoms with Gasteiger partial charge in [0, 0.05) is 9.50 Å². The Morgan fingerprint density at radius 3 is 2.43 bits per heavy atom. The Kier molecular flexibility index (Phi) is 7.17. The topological polar surface area (TPSA) is 29.5 Å². The molecule has 118 valence electrons. The van der Waals surface area contributed by atoms with E-state index < -0.39 is 5.54 Å². The van der Waals surface area contributed by atoms with E-state index in [0.29, 0.717) is 11.6 Å². The van der Waals surface area contributed by atoms with Crippen LogP contribution in [0.15, 0.2) is 22.7 Å². The molecular weight excluding hydrogens is 354 g/mol. The molecule has 1 aromatic carbocycles. The van der Waals surface area contributed by atoms with E-state index in [-0.39, 0.29) is 12.4 Å². The standard InChI is InChI=1S/C16H23BrClNO2/c1-5-19(6-2)16(4,11-15(20)21-7-3)13-9-8-12(17)10-14(13)18/h8-10H,5-7,11H2,1-4H3. The Morgan fingerprint density at radius 2 is 1.95 bits per heavy atom. The van der Waals surface area contributed by atoms with E-state index in [4.69, 9.17) is 16.3 Å². The predicted molar refractivity (Wildman–Crippen MR) is 90.7 cm³/mol. The molecular formula is C16H23BrClNO2. The molecule has 0 aliphatic heterocycles. The van der Waals surface area contributed by atoms with Gasteiger partial charge in [-0.3, -0.25) is 9.69 Å². The molecule has 0 aromatic heterocycles. The summed E-state index contributed by atoms with van der Waals surface area (Å²) < 4.78 is 6.07. The molecule has 1 atom stereocenters. The Morgan fingerprint density at radius 1 is 1.33 bits per heavy atom. The van der Waals surface area contributed by atoms with Gasteiger partial charge in [-0.1, -0.05) is 47.4 Å². The highest BCUT2D eigenvalue weighted by Crippen LogP contribution is 2.37. The lowest BCUT2D eigenvalue weighted by atomic mass is 9.86. The van der Waals surface area contributed by atoms with E-state index in [0.717, 1.165) is 23.1 Å². The van der Waals surface area contributed by atoms with Crippen LogP contribution in [-0.4, -0.2) is 30.6 Å². The smallest absolute Gasteiger partial charge is 0.308 e. The second-order valence-electron chi connectivity index (χ2n) is 5.05. The molecule has 0 radical (unpaired) electrons. The van der Waals surface area contributed by atoms with Crippen LogP contribution in [0.2, 0.25) is 5.02 Å². The average Bonchev–Trinajstić information content (AvgIpc) is 2.39. The van der Waals surface area contributed by atoms with Gasteiger partial charge in [0.1, 0.15) is 0 Å². The highest BCUT2D eigenvalue weighted by atomic mass is 79.9. The van der Waals surface area contributed by atoms with Crippen LogP contribution in [0.5, 0.6) is 0 Å². The van der Waals surface area contributed by atoms with Crippen LogP contribution in [0.1, 0.15) is 39.7 Å². The van der Waals surface area contributed by atoms with Gasteiger partial charge in [0.2, 0.25) is 0 Å². The van der Waals surface area contributed by atoms with Crippen LogP contribution in [0, 0.1) is 0 Å². The van der Waals surface area contributed by atoms with Crippen molar-refractivity contribution < 1.29 is 9.53 Å². The third kappa shape index (κ3) is 4.44. The van der Waals surface area contributed by atoms with Gasteiger partial charge in [-0.25, -0.2) is 0 Å². The van der Waals surface area contributed by atoms with Crippen LogP contribution in [0.3, 0.4) is 0 Å². The van der Waals surface area contributed by atoms with Gasteiger partial charge in [0.25, 0.3) is 0 Å². The average molecular weight is 377 g/mol. The first kappa shape index (κ1) is 18.5. The highest BCUT2D eigenvalue weighted by molar-refractivity contribution is 9.10. The molecule has 0 saturated carbocycles. The van der Waals surface area contributed by atoms with Crippen molar-refractivity contribution in [2.75, 3.05) is 19.7 Å². The van der Waals surface area contributed by atoms with E-state index in [1.165, 1.54) is 0 Å². The Bertz CT molecular complexity index is 491. The van der Waals surface area contributed by atoms with Crippen molar-refractivity contribution in [1.29, 1.82) is 0 Å². The molecule has 1 rings (SSSR count). The summed E-state index contributed by atoms with van der Waals surface area (Å²) in [7, 11) is 0. The Hall–Kier alpha value is -0.580. The maximum Gasteiger partial charge on any atom is 0.308 e. The Balaban J connectivity index is 3.26. The van der Waals surface area contributed by atoms with Crippen LogP contribution in [0.4, 0.5) is 0 Å². The lowest BCUT2D eigenvalue weighted by Gasteiger charge is -2.40. The number of carbonyl (C=O) groups excluding carboxylic acids is 1. The molecule has 0 aliphatic carbocycles. The van der Waals surface area contributed by atoms with Gasteiger partial charge in [-0.15, -0.1) is 0 Å². The molecule has 5 heteroatoms. The largest absolute Gasteiger partial charge is 0.466 e. The molecule has 0 N–H and O–H groups in total. The highest BCUT2D eigenvalue weighted by Gasteiger charge is 2.36. The molecule has 1 unspecified atom stereocenters. The molecule has 0 fully saturated rings. The fourth-order valence-corrected chi connectivity index (χ4v) is 3.60. The van der Waals surface area contributed by atoms with Gasteiger partial charge < -0.3 is 4.74 Å². The molecule has 3 nitrogen and oxygen atoms in total. The summed E-state index contributed by atoms with van der Waals surface area (Å²) in [5.41, 5.74) is 0.470. The first-order valence-corrected chi connectivity index (χ1v) is 8.42. The number of carbonyl (C=O) groups is 1. The van der Waals surface area contributed by atoms with Gasteiger partial charge in [0.15, 0.2) is 0 Å². The number of rotatable bonds is 7. The lowest BCUT2D eigenvalue weighted by molar-refractivity contribution is -0.146. The number of benzene rings is 1. The second-order valence-corrected chi connectivity index (χ2v) is 6.37. The zero-order chi connectivity index (χ0) is 16.0. The van der Waals surface area contributed by atoms with Crippen molar-refractivity contribution in [3.8, 4) is 0 Å². The summed E-state index contributed by atoms with van der Waals surface area (Å²) in [4.78, 5) is 14.3. The van der Waals surface area contributed by atoms with Crippen molar-refractivity contribution in [3.05, 3.63) is 33.3 Å². The maximum absolute atomic E-state index is 12.0. The molecule has 0 saturated heterocycles. The number of nitrogens with zero attached hydrogens (tertiary/aromatic N) is 1. The molecule has 0 bridgehead atoms. The summed E-state index contributed by atoms with van der Waals surface area (Å²) in [5, 5.41) is 0.656. The summed E-state index contributed by atoms with van der Waals surface area (Å²) in [6, 6.07) is 5.79. The molecule has 21 heavy (non-hydrogen) atoms. The van der Waals surface area contributed by atoms with E-state index in [1.54, 1.807) is 0 Å². The molecule has 0 amide bonds. The van der Waals surface area contributed by atoms with Crippen LogP contribution in [0.25, 0.3) is 0 Å². The molecule has 0 aliphatic rings. The summed E-state index contributed by atoms with van der Waals surface area (Å²) >= 11 is 9.84. The van der Waals surface area contributed by atoms with Gasteiger partial charge in [-0.05, 0) is 44.6 Å². The van der Waals surface area contributed by atoms with Crippen molar-refractivity contribution in [3.63, 3.8) is 0 Å². The second kappa shape index (κ2) is 8.16. The minimum absolute atomic E-state index is 0.203. The Labute approximate surface area is 140 Å². The summed E-state index contributed by atoms with van der Waals surface area (Å²) in [5.74, 6) is -0.203. The third-order valence-electron chi connectivity index (χ3n) is 3.77. The summed E-state index contributed by atoms with van der Waals surface area (Å²) in [6.07, 6.45) is 0.282. The van der Waals surface area contributed by atoms with Crippen LogP contribution < -0.4 is 0 Å². The number of hydrogen-bond acceptors (Lipinski definition) is 3. The van der Waals surface area contributed by atoms with Crippen LogP contribution in [-0.2, 0) is 15.1 Å². The zero-order valence-corrected chi connectivity index (χ0v) is 15.4. The first-order valence-electron chi connectivity index (χ1n) is 7.25. The van der Waals surface area contributed by atoms with Gasteiger partial charge in [-0.2, -0.15) is 0 Å². The quantitative estimate of drug-likeness (QED) is 0.651. The number of hydrogen-bond donors (Lipinski definition) is 0. The number of esters is 1. The van der Waals surface area contributed by atoms with Gasteiger partial charge in [0.05, 0.1) is 18.6 Å². The minimum Gasteiger partial charge on any atom is -0.466 e. The van der Waals surface area contributed by atoms with Crippen molar-refractivity contribution >= 4 is 33.5 Å². The molecule has 0 heterocycles. The van der Waals surface area contributed by atoms with Crippen molar-refractivity contribution in [2.45, 2.75) is 39.7 Å². The fraction of sp³-hybridized carbons (Fsp3) is 0.562. The summed E-state index contributed by atoms with van der Waals surface area (Å²) in [6.45, 7) is 10.1. The van der Waals surface area contributed by atoms with Crippen molar-refractivity contribution in [2.24, 2.45) is 0 Å². The number of ether oxygens (including phenoxy) is 1. The van der Waals surface area contributed by atoms with Crippen molar-refractivity contribution in [1.82, 2.24) is 4.90 Å². The van der Waals surface area contributed by atoms with E-state index in [2.05, 4.69) is 34.7 Å². The SMILES string of the molecule is CCOC(=O)CC(C)(c1ccc(Br)cc1Cl)N(CC)CC. The molecule has 1 aromatic rings. The zero-order valence-electron chi connectivity index (χ0n) is 13.1. The van der Waals surface area contributed by atoms with Gasteiger partial charge >= 0.3 is 5.97 Å². The minimum atomic E-state index is -0.479. The predicted octanol–water partition coefficient (Wildman–Crippen LogP) is 4.61. The monoisotopic (exact) mass is 375 g/mol. The van der Waals surface area contributed by atoms with Crippen LogP contribution >= 0.6 is 27.5 Å². The van der Waals surface area contributed by atoms with E-state index in [9.17, 15) is 4.79 Å².